The number of hydrogen-bond acceptors (Lipinski definition) is 3. The topological polar surface area (TPSA) is 12.5 Å². The largest absolute Gasteiger partial charge is 0.458 e. The van der Waals surface area contributed by atoms with E-state index in [-0.39, 0.29) is 0 Å². The summed E-state index contributed by atoms with van der Waals surface area (Å²) in [6.45, 7) is 0. The lowest BCUT2D eigenvalue weighted by atomic mass is 9.95. The first-order chi connectivity index (χ1) is 29.8. The van der Waals surface area contributed by atoms with Crippen LogP contribution in [0.2, 0.25) is 0 Å². The highest BCUT2D eigenvalue weighted by atomic mass is 32.2. The fourth-order valence-corrected chi connectivity index (χ4v) is 16.9. The van der Waals surface area contributed by atoms with Crippen LogP contribution in [-0.2, 0) is 0 Å². The fraction of sp³-hybridized carbons (Fsp3) is 0. The van der Waals surface area contributed by atoms with Gasteiger partial charge in [0.05, 0.1) is 11.4 Å². The minimum Gasteiger partial charge on any atom is -0.458 e. The van der Waals surface area contributed by atoms with Gasteiger partial charge in [-0.15, -0.1) is 0 Å². The molecular formula is C56H37NOSSi. The Morgan fingerprint density at radius 2 is 0.933 bits per heavy atom. The minimum absolute atomic E-state index is 0.947. The van der Waals surface area contributed by atoms with Gasteiger partial charge >= 0.3 is 0 Å². The average Bonchev–Trinajstić information content (AvgIpc) is 3.32. The molecular weight excluding hydrogens is 763 g/mol. The molecule has 2 aliphatic rings. The summed E-state index contributed by atoms with van der Waals surface area (Å²) < 4.78 is 6.85. The van der Waals surface area contributed by atoms with Crippen LogP contribution >= 0.6 is 11.8 Å². The molecule has 2 nitrogen and oxygen atoms in total. The van der Waals surface area contributed by atoms with Crippen molar-refractivity contribution in [3.63, 3.8) is 0 Å². The van der Waals surface area contributed by atoms with Crippen LogP contribution in [0.3, 0.4) is 0 Å². The van der Waals surface area contributed by atoms with Gasteiger partial charge in [0, 0.05) is 26.3 Å². The molecule has 2 heterocycles. The Balaban J connectivity index is 1.07. The van der Waals surface area contributed by atoms with Crippen molar-refractivity contribution in [1.82, 2.24) is 0 Å². The normalized spacial score (nSPS) is 13.2. The lowest BCUT2D eigenvalue weighted by molar-refractivity contribution is 0.487. The Labute approximate surface area is 355 Å². The van der Waals surface area contributed by atoms with Crippen LogP contribution in [0.15, 0.2) is 234 Å². The molecule has 0 aromatic heterocycles. The van der Waals surface area contributed by atoms with Crippen molar-refractivity contribution in [2.75, 3.05) is 4.90 Å². The molecule has 10 aromatic carbocycles. The Bertz CT molecular complexity index is 3180. The highest BCUT2D eigenvalue weighted by molar-refractivity contribution is 8.00. The zero-order valence-electron chi connectivity index (χ0n) is 32.6. The zero-order chi connectivity index (χ0) is 39.6. The van der Waals surface area contributed by atoms with Crippen molar-refractivity contribution in [2.45, 2.75) is 9.79 Å². The number of fused-ring (bicyclic) bond motifs is 10. The molecule has 0 radical (unpaired) electrons. The van der Waals surface area contributed by atoms with Gasteiger partial charge in [-0.3, -0.25) is 0 Å². The van der Waals surface area contributed by atoms with E-state index in [2.05, 4.69) is 229 Å². The summed E-state index contributed by atoms with van der Waals surface area (Å²) in [5, 5.41) is 10.2. The maximum Gasteiger partial charge on any atom is 0.190 e. The summed E-state index contributed by atoms with van der Waals surface area (Å²) in [6, 6.07) is 82.3. The third-order valence-electron chi connectivity index (χ3n) is 12.4. The number of hydrogen-bond donors (Lipinski definition) is 0. The van der Waals surface area contributed by atoms with Gasteiger partial charge in [0.1, 0.15) is 11.5 Å². The maximum absolute atomic E-state index is 6.85. The van der Waals surface area contributed by atoms with Crippen LogP contribution in [-0.4, -0.2) is 8.07 Å². The fourth-order valence-electron chi connectivity index (χ4n) is 9.76. The van der Waals surface area contributed by atoms with Gasteiger partial charge in [0.15, 0.2) is 8.07 Å². The Morgan fingerprint density at radius 1 is 0.367 bits per heavy atom. The summed E-state index contributed by atoms with van der Waals surface area (Å²) in [5.74, 6) is 1.91. The van der Waals surface area contributed by atoms with Gasteiger partial charge in [-0.25, -0.2) is 0 Å². The molecule has 0 unspecified atom stereocenters. The predicted molar refractivity (Wildman–Crippen MR) is 255 cm³/mol. The van der Waals surface area contributed by atoms with Gasteiger partial charge in [-0.1, -0.05) is 188 Å². The Hall–Kier alpha value is -7.11. The third kappa shape index (κ3) is 5.35. The van der Waals surface area contributed by atoms with E-state index in [1.54, 1.807) is 0 Å². The quantitative estimate of drug-likeness (QED) is 0.161. The number of ether oxygens (including phenoxy) is 1. The first-order valence-electron chi connectivity index (χ1n) is 20.5. The SMILES string of the molecule is c1ccc(-c2ccc(N(c3cccc4ccccc34)c3ccc(-c4ccc5c(c4)[Si]4(c6ccccc6O5)c5ccccc5Sc5ccccc54)c4ccccc34)cc2)cc1. The lowest BCUT2D eigenvalue weighted by Gasteiger charge is -2.43. The van der Waals surface area contributed by atoms with E-state index in [0.29, 0.717) is 0 Å². The van der Waals surface area contributed by atoms with Gasteiger partial charge in [0.25, 0.3) is 0 Å². The number of benzene rings is 10. The lowest BCUT2D eigenvalue weighted by Crippen LogP contribution is -2.77. The molecule has 2 aliphatic heterocycles. The molecule has 0 bridgehead atoms. The second kappa shape index (κ2) is 14.0. The highest BCUT2D eigenvalue weighted by Gasteiger charge is 2.52. The summed E-state index contributed by atoms with van der Waals surface area (Å²) in [7, 11) is -2.81. The molecule has 0 saturated carbocycles. The molecule has 1 spiro atoms. The van der Waals surface area contributed by atoms with E-state index >= 15 is 0 Å². The van der Waals surface area contributed by atoms with Gasteiger partial charge in [-0.2, -0.15) is 0 Å². The zero-order valence-corrected chi connectivity index (χ0v) is 34.4. The number of rotatable bonds is 5. The minimum atomic E-state index is -2.81. The van der Waals surface area contributed by atoms with Crippen molar-refractivity contribution in [2.24, 2.45) is 0 Å². The van der Waals surface area contributed by atoms with Gasteiger partial charge in [0.2, 0.25) is 0 Å². The van der Waals surface area contributed by atoms with Crippen molar-refractivity contribution < 1.29 is 4.74 Å². The van der Waals surface area contributed by atoms with E-state index in [1.807, 2.05) is 11.8 Å². The van der Waals surface area contributed by atoms with Gasteiger partial charge in [-0.05, 0) is 102 Å². The van der Waals surface area contributed by atoms with Gasteiger partial charge < -0.3 is 9.64 Å². The van der Waals surface area contributed by atoms with Crippen molar-refractivity contribution in [3.05, 3.63) is 224 Å². The monoisotopic (exact) mass is 799 g/mol. The smallest absolute Gasteiger partial charge is 0.190 e. The van der Waals surface area contributed by atoms with E-state index in [9.17, 15) is 0 Å². The first kappa shape index (κ1) is 34.9. The van der Waals surface area contributed by atoms with Crippen molar-refractivity contribution >= 4 is 79.2 Å². The highest BCUT2D eigenvalue weighted by Crippen LogP contribution is 2.45. The number of anilines is 3. The molecule has 0 atom stereocenters. The van der Waals surface area contributed by atoms with Crippen molar-refractivity contribution in [1.29, 1.82) is 0 Å². The van der Waals surface area contributed by atoms with Crippen molar-refractivity contribution in [3.8, 4) is 33.8 Å². The standard InChI is InChI=1S/C56H37NOSSi/c1-2-15-38(16-3-1)39-29-32-42(33-30-39)57(47-22-14-18-40-17-4-5-19-44(40)47)48-35-34-43(45-20-6-7-21-46(45)48)41-31-36-50-56(37-41)60(53-26-11-8-23-49(53)58-50)54-27-12-9-24-51(54)59-52-25-10-13-28-55(52)60/h1-37H. The first-order valence-corrected chi connectivity index (χ1v) is 23.3. The third-order valence-corrected chi connectivity index (χ3v) is 18.8. The predicted octanol–water partition coefficient (Wildman–Crippen LogP) is 12.7. The summed E-state index contributed by atoms with van der Waals surface area (Å²) in [5.41, 5.74) is 8.16. The second-order valence-corrected chi connectivity index (χ2v) is 20.3. The van der Waals surface area contributed by atoms with Crippen LogP contribution in [0.25, 0.3) is 43.8 Å². The van der Waals surface area contributed by atoms with Crippen LogP contribution < -0.4 is 30.4 Å². The Morgan fingerprint density at radius 3 is 1.72 bits per heavy atom. The molecule has 0 aliphatic carbocycles. The molecule has 12 rings (SSSR count). The molecule has 10 aromatic rings. The van der Waals surface area contributed by atoms with Crippen LogP contribution in [0, 0.1) is 0 Å². The van der Waals surface area contributed by atoms with E-state index in [1.165, 1.54) is 74.3 Å². The number of nitrogens with zero attached hydrogens (tertiary/aromatic N) is 1. The Kier molecular flexibility index (Phi) is 8.15. The second-order valence-electron chi connectivity index (χ2n) is 15.6. The van der Waals surface area contributed by atoms with Crippen LogP contribution in [0.5, 0.6) is 11.5 Å². The molecule has 4 heteroatoms. The molecule has 282 valence electrons. The average molecular weight is 800 g/mol. The van der Waals surface area contributed by atoms with Crippen LogP contribution in [0.1, 0.15) is 0 Å². The van der Waals surface area contributed by atoms with E-state index in [4.69, 9.17) is 4.74 Å². The van der Waals surface area contributed by atoms with Crippen LogP contribution in [0.4, 0.5) is 17.1 Å². The van der Waals surface area contributed by atoms with E-state index in [0.717, 1.165) is 28.6 Å². The van der Waals surface area contributed by atoms with E-state index < -0.39 is 8.07 Å². The molecule has 0 saturated heterocycles. The molecule has 60 heavy (non-hydrogen) atoms. The molecule has 0 amide bonds. The maximum atomic E-state index is 6.85. The summed E-state index contributed by atoms with van der Waals surface area (Å²) in [4.78, 5) is 5.10. The summed E-state index contributed by atoms with van der Waals surface area (Å²) in [6.07, 6.45) is 0. The molecule has 0 fully saturated rings. The molecule has 0 N–H and O–H groups in total. The number of para-hydroxylation sites is 1. The summed E-state index contributed by atoms with van der Waals surface area (Å²) >= 11 is 1.89.